The lowest BCUT2D eigenvalue weighted by atomic mass is 9.98. The first-order valence-corrected chi connectivity index (χ1v) is 5.93. The van der Waals surface area contributed by atoms with Crippen LogP contribution in [0.15, 0.2) is 18.5 Å². The quantitative estimate of drug-likeness (QED) is 0.787. The highest BCUT2D eigenvalue weighted by molar-refractivity contribution is 5.97. The molecule has 5 heteroatoms. The van der Waals surface area contributed by atoms with Crippen LogP contribution in [0.2, 0.25) is 0 Å². The molecule has 1 saturated heterocycles. The van der Waals surface area contributed by atoms with Crippen molar-refractivity contribution in [2.24, 2.45) is 5.92 Å². The summed E-state index contributed by atoms with van der Waals surface area (Å²) in [6.45, 7) is 2.81. The van der Waals surface area contributed by atoms with Crippen molar-refractivity contribution in [3.8, 4) is 5.75 Å². The standard InChI is InChI=1S/C13H16N2O3/c1-9-8-15(6-4-11(9)16)13(17)10-3-5-14-7-12(10)18-2/h3,5,7,9H,4,6,8H2,1-2H3. The van der Waals surface area contributed by atoms with Crippen molar-refractivity contribution in [3.05, 3.63) is 24.0 Å². The molecule has 0 spiro atoms. The third-order valence-corrected chi connectivity index (χ3v) is 3.19. The molecule has 0 N–H and O–H groups in total. The molecule has 1 aliphatic rings. The molecule has 18 heavy (non-hydrogen) atoms. The Bertz CT molecular complexity index is 473. The number of likely N-dealkylation sites (tertiary alicyclic amines) is 1. The maximum atomic E-state index is 12.3. The van der Waals surface area contributed by atoms with Gasteiger partial charge in [-0.15, -0.1) is 0 Å². The third kappa shape index (κ3) is 2.34. The fourth-order valence-electron chi connectivity index (χ4n) is 2.09. The van der Waals surface area contributed by atoms with Gasteiger partial charge in [-0.2, -0.15) is 0 Å². The van der Waals surface area contributed by atoms with Crippen molar-refractivity contribution in [2.45, 2.75) is 13.3 Å². The minimum absolute atomic E-state index is 0.0875. The maximum absolute atomic E-state index is 12.3. The van der Waals surface area contributed by atoms with E-state index in [9.17, 15) is 9.59 Å². The van der Waals surface area contributed by atoms with Gasteiger partial charge in [0.1, 0.15) is 11.5 Å². The highest BCUT2D eigenvalue weighted by Gasteiger charge is 2.28. The Hall–Kier alpha value is -1.91. The zero-order chi connectivity index (χ0) is 13.1. The van der Waals surface area contributed by atoms with Crippen LogP contribution in [0.5, 0.6) is 5.75 Å². The molecule has 0 aromatic carbocycles. The Morgan fingerprint density at radius 1 is 1.56 bits per heavy atom. The van der Waals surface area contributed by atoms with Gasteiger partial charge < -0.3 is 9.64 Å². The van der Waals surface area contributed by atoms with Gasteiger partial charge in [-0.1, -0.05) is 6.92 Å². The molecule has 1 unspecified atom stereocenters. The van der Waals surface area contributed by atoms with Gasteiger partial charge in [-0.05, 0) is 6.07 Å². The number of rotatable bonds is 2. The SMILES string of the molecule is COc1cnccc1C(=O)N1CCC(=O)C(C)C1. The number of pyridine rings is 1. The molecule has 0 bridgehead atoms. The van der Waals surface area contributed by atoms with E-state index in [1.807, 2.05) is 6.92 Å². The molecule has 96 valence electrons. The normalized spacial score (nSPS) is 19.8. The van der Waals surface area contributed by atoms with Crippen LogP contribution in [0.3, 0.4) is 0 Å². The largest absolute Gasteiger partial charge is 0.494 e. The molecule has 1 aromatic heterocycles. The number of amides is 1. The van der Waals surface area contributed by atoms with Crippen molar-refractivity contribution in [2.75, 3.05) is 20.2 Å². The summed E-state index contributed by atoms with van der Waals surface area (Å²) in [4.78, 5) is 29.4. The number of hydrogen-bond acceptors (Lipinski definition) is 4. The number of nitrogens with zero attached hydrogens (tertiary/aromatic N) is 2. The van der Waals surface area contributed by atoms with Gasteiger partial charge in [-0.3, -0.25) is 14.6 Å². The Balaban J connectivity index is 2.19. The van der Waals surface area contributed by atoms with Gasteiger partial charge in [0.15, 0.2) is 0 Å². The van der Waals surface area contributed by atoms with Crippen LogP contribution < -0.4 is 4.74 Å². The van der Waals surface area contributed by atoms with Crippen LogP contribution in [-0.2, 0) is 4.79 Å². The monoisotopic (exact) mass is 248 g/mol. The molecular weight excluding hydrogens is 232 g/mol. The first-order chi connectivity index (χ1) is 8.63. The van der Waals surface area contributed by atoms with E-state index in [0.717, 1.165) is 0 Å². The minimum atomic E-state index is -0.103. The highest BCUT2D eigenvalue weighted by Crippen LogP contribution is 2.21. The maximum Gasteiger partial charge on any atom is 0.257 e. The van der Waals surface area contributed by atoms with Crippen LogP contribution >= 0.6 is 0 Å². The van der Waals surface area contributed by atoms with Crippen molar-refractivity contribution in [1.82, 2.24) is 9.88 Å². The molecular formula is C13H16N2O3. The summed E-state index contributed by atoms with van der Waals surface area (Å²) in [7, 11) is 1.51. The first-order valence-electron chi connectivity index (χ1n) is 5.93. The average molecular weight is 248 g/mol. The Morgan fingerprint density at radius 3 is 3.00 bits per heavy atom. The molecule has 1 fully saturated rings. The fraction of sp³-hybridized carbons (Fsp3) is 0.462. The molecule has 2 heterocycles. The predicted octanol–water partition coefficient (Wildman–Crippen LogP) is 1.14. The number of ether oxygens (including phenoxy) is 1. The topological polar surface area (TPSA) is 59.5 Å². The first kappa shape index (κ1) is 12.5. The zero-order valence-electron chi connectivity index (χ0n) is 10.5. The number of ketones is 1. The van der Waals surface area contributed by atoms with Crippen LogP contribution in [0.4, 0.5) is 0 Å². The smallest absolute Gasteiger partial charge is 0.257 e. The summed E-state index contributed by atoms with van der Waals surface area (Å²) in [6.07, 6.45) is 3.51. The Labute approximate surface area is 106 Å². The number of Topliss-reactive ketones (excluding diaryl/α,β-unsaturated/α-hetero) is 1. The summed E-state index contributed by atoms with van der Waals surface area (Å²) < 4.78 is 5.13. The molecule has 1 aromatic rings. The van der Waals surface area contributed by atoms with E-state index in [0.29, 0.717) is 30.8 Å². The minimum Gasteiger partial charge on any atom is -0.494 e. The summed E-state index contributed by atoms with van der Waals surface area (Å²) >= 11 is 0. The summed E-state index contributed by atoms with van der Waals surface area (Å²) in [5.74, 6) is 0.497. The van der Waals surface area contributed by atoms with Gasteiger partial charge in [0.05, 0.1) is 18.9 Å². The van der Waals surface area contributed by atoms with Crippen LogP contribution in [0, 0.1) is 5.92 Å². The Kier molecular flexibility index (Phi) is 3.60. The number of aromatic nitrogens is 1. The van der Waals surface area contributed by atoms with E-state index in [2.05, 4.69) is 4.98 Å². The van der Waals surface area contributed by atoms with Gasteiger partial charge >= 0.3 is 0 Å². The number of methoxy groups -OCH3 is 1. The van der Waals surface area contributed by atoms with E-state index >= 15 is 0 Å². The summed E-state index contributed by atoms with van der Waals surface area (Å²) in [5, 5.41) is 0. The third-order valence-electron chi connectivity index (χ3n) is 3.19. The van der Waals surface area contributed by atoms with Crippen molar-refractivity contribution < 1.29 is 14.3 Å². The van der Waals surface area contributed by atoms with Crippen LogP contribution in [0.25, 0.3) is 0 Å². The van der Waals surface area contributed by atoms with Gasteiger partial charge in [0, 0.05) is 31.6 Å². The van der Waals surface area contributed by atoms with E-state index in [1.54, 1.807) is 17.2 Å². The molecule has 2 rings (SSSR count). The highest BCUT2D eigenvalue weighted by atomic mass is 16.5. The van der Waals surface area contributed by atoms with Crippen molar-refractivity contribution >= 4 is 11.7 Å². The van der Waals surface area contributed by atoms with E-state index < -0.39 is 0 Å². The van der Waals surface area contributed by atoms with Crippen molar-refractivity contribution in [1.29, 1.82) is 0 Å². The van der Waals surface area contributed by atoms with Crippen molar-refractivity contribution in [3.63, 3.8) is 0 Å². The van der Waals surface area contributed by atoms with E-state index in [4.69, 9.17) is 4.74 Å². The second-order valence-corrected chi connectivity index (χ2v) is 4.44. The molecule has 5 nitrogen and oxygen atoms in total. The summed E-state index contributed by atoms with van der Waals surface area (Å²) in [5.41, 5.74) is 0.494. The molecule has 1 aliphatic heterocycles. The predicted molar refractivity (Wildman–Crippen MR) is 65.5 cm³/mol. The molecule has 1 amide bonds. The zero-order valence-corrected chi connectivity index (χ0v) is 10.5. The average Bonchev–Trinajstić information content (AvgIpc) is 2.41. The lowest BCUT2D eigenvalue weighted by molar-refractivity contribution is -0.124. The lowest BCUT2D eigenvalue weighted by Gasteiger charge is -2.30. The Morgan fingerprint density at radius 2 is 2.33 bits per heavy atom. The van der Waals surface area contributed by atoms with E-state index in [1.165, 1.54) is 13.3 Å². The fourth-order valence-corrected chi connectivity index (χ4v) is 2.09. The van der Waals surface area contributed by atoms with E-state index in [-0.39, 0.29) is 17.6 Å². The van der Waals surface area contributed by atoms with Crippen LogP contribution in [0.1, 0.15) is 23.7 Å². The molecule has 0 aliphatic carbocycles. The lowest BCUT2D eigenvalue weighted by Crippen LogP contribution is -2.43. The second-order valence-electron chi connectivity index (χ2n) is 4.44. The molecule has 1 atom stereocenters. The van der Waals surface area contributed by atoms with Crippen LogP contribution in [-0.4, -0.2) is 41.8 Å². The number of hydrogen-bond donors (Lipinski definition) is 0. The molecule has 0 radical (unpaired) electrons. The number of piperidine rings is 1. The molecule has 0 saturated carbocycles. The van der Waals surface area contributed by atoms with Gasteiger partial charge in [-0.25, -0.2) is 0 Å². The summed E-state index contributed by atoms with van der Waals surface area (Å²) in [6, 6.07) is 1.64. The van der Waals surface area contributed by atoms with Gasteiger partial charge in [0.2, 0.25) is 0 Å². The number of carbonyl (C=O) groups is 2. The second kappa shape index (κ2) is 5.16. The number of carbonyl (C=O) groups excluding carboxylic acids is 2. The van der Waals surface area contributed by atoms with Gasteiger partial charge in [0.25, 0.3) is 5.91 Å².